The van der Waals surface area contributed by atoms with Gasteiger partial charge in [0.05, 0.1) is 0 Å². The standard InChI is InChI=1S/C13H21N3O2.2ClH/c1-16(11-6-4-3-5-7-11)9-8-15-13(17)12(10-14)18-2;;/h3-7,12H,8-10,14H2,1-2H3,(H,15,17);2*1H. The summed E-state index contributed by atoms with van der Waals surface area (Å²) >= 11 is 0. The number of benzene rings is 1. The van der Waals surface area contributed by atoms with Crippen LogP contribution in [0, 0.1) is 0 Å². The molecule has 1 unspecified atom stereocenters. The van der Waals surface area contributed by atoms with Crippen LogP contribution in [0.1, 0.15) is 0 Å². The fraction of sp³-hybridized carbons (Fsp3) is 0.462. The second-order valence-corrected chi connectivity index (χ2v) is 4.01. The maximum absolute atomic E-state index is 11.6. The quantitative estimate of drug-likeness (QED) is 0.787. The van der Waals surface area contributed by atoms with Crippen LogP contribution in [0.25, 0.3) is 0 Å². The lowest BCUT2D eigenvalue weighted by Gasteiger charge is -2.20. The van der Waals surface area contributed by atoms with Crippen LogP contribution >= 0.6 is 24.8 Å². The highest BCUT2D eigenvalue weighted by Crippen LogP contribution is 2.09. The van der Waals surface area contributed by atoms with E-state index in [2.05, 4.69) is 10.2 Å². The molecule has 0 heterocycles. The molecule has 1 rings (SSSR count). The van der Waals surface area contributed by atoms with Gasteiger partial charge in [-0.2, -0.15) is 0 Å². The van der Waals surface area contributed by atoms with Gasteiger partial charge >= 0.3 is 0 Å². The highest BCUT2D eigenvalue weighted by Gasteiger charge is 2.14. The van der Waals surface area contributed by atoms with Crippen molar-refractivity contribution in [3.8, 4) is 0 Å². The lowest BCUT2D eigenvalue weighted by atomic mass is 10.3. The van der Waals surface area contributed by atoms with Crippen LogP contribution in [0.15, 0.2) is 30.3 Å². The molecule has 1 atom stereocenters. The number of nitrogens with zero attached hydrogens (tertiary/aromatic N) is 1. The number of para-hydroxylation sites is 1. The van der Waals surface area contributed by atoms with E-state index < -0.39 is 6.10 Å². The van der Waals surface area contributed by atoms with Crippen molar-refractivity contribution in [3.63, 3.8) is 0 Å². The zero-order valence-corrected chi connectivity index (χ0v) is 13.4. The van der Waals surface area contributed by atoms with Crippen LogP contribution in [0.3, 0.4) is 0 Å². The van der Waals surface area contributed by atoms with Crippen molar-refractivity contribution in [2.24, 2.45) is 5.73 Å². The van der Waals surface area contributed by atoms with Gasteiger partial charge in [0, 0.05) is 39.5 Å². The third-order valence-electron chi connectivity index (χ3n) is 2.73. The number of amides is 1. The van der Waals surface area contributed by atoms with Crippen LogP contribution in [0.2, 0.25) is 0 Å². The molecule has 0 aliphatic heterocycles. The average molecular weight is 324 g/mol. The van der Waals surface area contributed by atoms with Crippen LogP contribution < -0.4 is 16.0 Å². The van der Waals surface area contributed by atoms with Crippen molar-refractivity contribution in [2.45, 2.75) is 6.10 Å². The average Bonchev–Trinajstić information content (AvgIpc) is 2.41. The summed E-state index contributed by atoms with van der Waals surface area (Å²) < 4.78 is 4.95. The summed E-state index contributed by atoms with van der Waals surface area (Å²) in [4.78, 5) is 13.7. The monoisotopic (exact) mass is 323 g/mol. The molecule has 0 spiro atoms. The molecule has 20 heavy (non-hydrogen) atoms. The smallest absolute Gasteiger partial charge is 0.250 e. The minimum absolute atomic E-state index is 0. The van der Waals surface area contributed by atoms with Crippen molar-refractivity contribution in [1.82, 2.24) is 5.32 Å². The number of hydrogen-bond acceptors (Lipinski definition) is 4. The van der Waals surface area contributed by atoms with Crippen LogP contribution in [-0.4, -0.2) is 45.8 Å². The number of halogens is 2. The first-order chi connectivity index (χ1) is 8.69. The predicted molar refractivity (Wildman–Crippen MR) is 87.1 cm³/mol. The summed E-state index contributed by atoms with van der Waals surface area (Å²) in [5, 5.41) is 2.80. The number of ether oxygens (including phenoxy) is 1. The number of hydrogen-bond donors (Lipinski definition) is 2. The van der Waals surface area contributed by atoms with Crippen molar-refractivity contribution in [3.05, 3.63) is 30.3 Å². The summed E-state index contributed by atoms with van der Waals surface area (Å²) in [6.07, 6.45) is -0.563. The van der Waals surface area contributed by atoms with Gasteiger partial charge < -0.3 is 20.7 Å². The second kappa shape index (κ2) is 11.8. The molecule has 1 aromatic rings. The summed E-state index contributed by atoms with van der Waals surface area (Å²) in [6.45, 7) is 1.48. The lowest BCUT2D eigenvalue weighted by Crippen LogP contribution is -2.43. The molecule has 5 nitrogen and oxygen atoms in total. The number of carbonyl (C=O) groups excluding carboxylic acids is 1. The Hall–Kier alpha value is -1.01. The fourth-order valence-electron chi connectivity index (χ4n) is 1.58. The van der Waals surface area contributed by atoms with E-state index in [9.17, 15) is 4.79 Å². The molecule has 3 N–H and O–H groups in total. The molecular weight excluding hydrogens is 301 g/mol. The van der Waals surface area contributed by atoms with Gasteiger partial charge in [0.1, 0.15) is 6.10 Å². The van der Waals surface area contributed by atoms with Gasteiger partial charge in [-0.15, -0.1) is 24.8 Å². The van der Waals surface area contributed by atoms with Crippen LogP contribution in [-0.2, 0) is 9.53 Å². The number of nitrogens with two attached hydrogens (primary N) is 1. The van der Waals surface area contributed by atoms with E-state index in [4.69, 9.17) is 10.5 Å². The van der Waals surface area contributed by atoms with Crippen molar-refractivity contribution in [1.29, 1.82) is 0 Å². The Kier molecular flexibility index (Phi) is 12.5. The fourth-order valence-corrected chi connectivity index (χ4v) is 1.58. The van der Waals surface area contributed by atoms with E-state index in [-0.39, 0.29) is 37.3 Å². The summed E-state index contributed by atoms with van der Waals surface area (Å²) in [5.74, 6) is -0.165. The van der Waals surface area contributed by atoms with Gasteiger partial charge in [-0.25, -0.2) is 0 Å². The number of nitrogens with one attached hydrogen (secondary N) is 1. The van der Waals surface area contributed by atoms with Gasteiger partial charge in [-0.05, 0) is 12.1 Å². The number of carbonyl (C=O) groups is 1. The second-order valence-electron chi connectivity index (χ2n) is 4.01. The van der Waals surface area contributed by atoms with E-state index in [1.165, 1.54) is 7.11 Å². The Bertz CT molecular complexity index is 362. The largest absolute Gasteiger partial charge is 0.373 e. The van der Waals surface area contributed by atoms with Gasteiger partial charge in [0.15, 0.2) is 0 Å². The SMILES string of the molecule is COC(CN)C(=O)NCCN(C)c1ccccc1.Cl.Cl. The Morgan fingerprint density at radius 3 is 2.45 bits per heavy atom. The third-order valence-corrected chi connectivity index (χ3v) is 2.73. The summed E-state index contributed by atoms with van der Waals surface area (Å²) in [5.41, 5.74) is 6.53. The Labute approximate surface area is 132 Å². The van der Waals surface area contributed by atoms with Gasteiger partial charge in [-0.3, -0.25) is 4.79 Å². The molecule has 116 valence electrons. The summed E-state index contributed by atoms with van der Waals surface area (Å²) in [7, 11) is 3.46. The normalized spacial score (nSPS) is 10.8. The topological polar surface area (TPSA) is 67.6 Å². The van der Waals surface area contributed by atoms with Gasteiger partial charge in [0.25, 0.3) is 5.91 Å². The molecule has 1 amide bonds. The van der Waals surface area contributed by atoms with Gasteiger partial charge in [-0.1, -0.05) is 18.2 Å². The third kappa shape index (κ3) is 6.96. The first-order valence-electron chi connectivity index (χ1n) is 5.95. The molecular formula is C13H23Cl2N3O2. The summed E-state index contributed by atoms with van der Waals surface area (Å²) in [6, 6.07) is 10.0. The predicted octanol–water partition coefficient (Wildman–Crippen LogP) is 1.06. The molecule has 0 bridgehead atoms. The van der Waals surface area contributed by atoms with Gasteiger partial charge in [0.2, 0.25) is 0 Å². The molecule has 0 saturated carbocycles. The number of likely N-dealkylation sites (N-methyl/N-ethyl adjacent to an activating group) is 1. The molecule has 0 aromatic heterocycles. The number of anilines is 1. The highest BCUT2D eigenvalue weighted by atomic mass is 35.5. The minimum Gasteiger partial charge on any atom is -0.373 e. The Balaban J connectivity index is 0. The highest BCUT2D eigenvalue weighted by molar-refractivity contribution is 5.85. The van der Waals surface area contributed by atoms with E-state index >= 15 is 0 Å². The number of rotatable bonds is 7. The van der Waals surface area contributed by atoms with Crippen molar-refractivity contribution in [2.75, 3.05) is 38.7 Å². The lowest BCUT2D eigenvalue weighted by molar-refractivity contribution is -0.130. The molecule has 0 aliphatic carbocycles. The zero-order chi connectivity index (χ0) is 13.4. The first kappa shape index (κ1) is 21.3. The molecule has 0 radical (unpaired) electrons. The van der Waals surface area contributed by atoms with E-state index in [0.717, 1.165) is 12.2 Å². The molecule has 0 saturated heterocycles. The molecule has 7 heteroatoms. The van der Waals surface area contributed by atoms with Crippen molar-refractivity contribution < 1.29 is 9.53 Å². The van der Waals surface area contributed by atoms with E-state index in [1.807, 2.05) is 37.4 Å². The van der Waals surface area contributed by atoms with E-state index in [1.54, 1.807) is 0 Å². The molecule has 1 aromatic carbocycles. The zero-order valence-electron chi connectivity index (χ0n) is 11.7. The maximum atomic E-state index is 11.6. The molecule has 0 aliphatic rings. The van der Waals surface area contributed by atoms with Crippen molar-refractivity contribution >= 4 is 36.4 Å². The Morgan fingerprint density at radius 1 is 1.35 bits per heavy atom. The first-order valence-corrected chi connectivity index (χ1v) is 5.95. The van der Waals surface area contributed by atoms with Crippen LogP contribution in [0.5, 0.6) is 0 Å². The number of methoxy groups -OCH3 is 1. The molecule has 0 fully saturated rings. The van der Waals surface area contributed by atoms with E-state index in [0.29, 0.717) is 6.54 Å². The maximum Gasteiger partial charge on any atom is 0.250 e. The minimum atomic E-state index is -0.563. The van der Waals surface area contributed by atoms with Crippen LogP contribution in [0.4, 0.5) is 5.69 Å². The Morgan fingerprint density at radius 2 is 1.95 bits per heavy atom.